The van der Waals surface area contributed by atoms with E-state index in [1.807, 2.05) is 0 Å². The van der Waals surface area contributed by atoms with Crippen molar-refractivity contribution in [2.24, 2.45) is 29.1 Å². The van der Waals surface area contributed by atoms with Crippen LogP contribution in [-0.4, -0.2) is 10.7 Å². The molecule has 22 heavy (non-hydrogen) atoms. The van der Waals surface area contributed by atoms with Crippen LogP contribution in [0.1, 0.15) is 71.1 Å². The first-order valence-electron chi connectivity index (χ1n) is 9.54. The van der Waals surface area contributed by atoms with Crippen LogP contribution in [0.5, 0.6) is 0 Å². The molecule has 1 N–H and O–H groups in total. The van der Waals surface area contributed by atoms with E-state index in [9.17, 15) is 5.11 Å². The lowest BCUT2D eigenvalue weighted by molar-refractivity contribution is -0.0993. The molecule has 0 aliphatic heterocycles. The molecule has 0 aromatic heterocycles. The van der Waals surface area contributed by atoms with Crippen molar-refractivity contribution in [3.05, 3.63) is 11.6 Å². The van der Waals surface area contributed by atoms with Crippen LogP contribution in [0.4, 0.5) is 0 Å². The van der Waals surface area contributed by atoms with Crippen LogP contribution in [0.25, 0.3) is 0 Å². The molecule has 0 amide bonds. The highest BCUT2D eigenvalue weighted by Gasteiger charge is 2.63. The lowest BCUT2D eigenvalue weighted by Crippen LogP contribution is -2.53. The van der Waals surface area contributed by atoms with Gasteiger partial charge in [0.15, 0.2) is 0 Å². The fraction of sp³-hybridized carbons (Fsp3) is 0.810. The minimum absolute atomic E-state index is 0.0127. The van der Waals surface area contributed by atoms with E-state index in [0.29, 0.717) is 5.92 Å². The Morgan fingerprint density at radius 1 is 1.23 bits per heavy atom. The van der Waals surface area contributed by atoms with E-state index in [1.165, 1.54) is 38.5 Å². The van der Waals surface area contributed by atoms with Crippen LogP contribution in [0.2, 0.25) is 0 Å². The molecule has 4 aliphatic carbocycles. The van der Waals surface area contributed by atoms with Gasteiger partial charge in [-0.15, -0.1) is 6.42 Å². The minimum Gasteiger partial charge on any atom is -0.377 e. The molecule has 4 aliphatic rings. The molecule has 1 nitrogen and oxygen atoms in total. The summed E-state index contributed by atoms with van der Waals surface area (Å²) in [7, 11) is 0. The third kappa shape index (κ3) is 1.77. The molecule has 4 rings (SSSR count). The topological polar surface area (TPSA) is 20.2 Å². The van der Waals surface area contributed by atoms with Gasteiger partial charge in [0.25, 0.3) is 0 Å². The average Bonchev–Trinajstić information content (AvgIpc) is 2.89. The predicted molar refractivity (Wildman–Crippen MR) is 90.1 cm³/mol. The second-order valence-corrected chi connectivity index (χ2v) is 8.38. The maximum absolute atomic E-state index is 11.1. The molecule has 0 spiro atoms. The van der Waals surface area contributed by atoms with Gasteiger partial charge in [-0.05, 0) is 87.9 Å². The van der Waals surface area contributed by atoms with Gasteiger partial charge in [0, 0.05) is 5.41 Å². The zero-order chi connectivity index (χ0) is 15.4. The fourth-order valence-electron chi connectivity index (χ4n) is 7.08. The van der Waals surface area contributed by atoms with E-state index >= 15 is 0 Å². The zero-order valence-electron chi connectivity index (χ0n) is 14.0. The Morgan fingerprint density at radius 3 is 2.86 bits per heavy atom. The normalized spacial score (nSPS) is 50.3. The first kappa shape index (κ1) is 14.8. The van der Waals surface area contributed by atoms with Gasteiger partial charge < -0.3 is 5.11 Å². The summed E-state index contributed by atoms with van der Waals surface area (Å²) in [6.07, 6.45) is 20.6. The smallest absolute Gasteiger partial charge is 0.131 e. The number of aliphatic hydroxyl groups is 1. The molecule has 0 saturated heterocycles. The summed E-state index contributed by atoms with van der Waals surface area (Å²) in [6, 6.07) is 0. The van der Waals surface area contributed by atoms with Gasteiger partial charge in [-0.3, -0.25) is 0 Å². The molecule has 3 saturated carbocycles. The van der Waals surface area contributed by atoms with Crippen LogP contribution in [0, 0.1) is 41.4 Å². The Hall–Kier alpha value is -0.740. The monoisotopic (exact) mass is 298 g/mol. The molecular formula is C21H30O. The van der Waals surface area contributed by atoms with Gasteiger partial charge in [0.2, 0.25) is 0 Å². The molecule has 6 atom stereocenters. The number of fused-ring (bicyclic) bond motifs is 5. The standard InChI is InChI=1S/C21H30O/c1-3-20-13-11-17-16-8-6-5-7-15(16)9-10-18(17)19(20)12-14-21(20,22)4-2/h2,7,16-19,22H,3,5-6,8-14H2,1H3/t16-,17-,18+,19-,20?,21?/m0/s1. The van der Waals surface area contributed by atoms with Crippen molar-refractivity contribution in [3.63, 3.8) is 0 Å². The van der Waals surface area contributed by atoms with E-state index in [1.54, 1.807) is 5.57 Å². The van der Waals surface area contributed by atoms with E-state index in [0.717, 1.165) is 43.4 Å². The van der Waals surface area contributed by atoms with Crippen LogP contribution in [0.15, 0.2) is 11.6 Å². The lowest BCUT2D eigenvalue weighted by Gasteiger charge is -2.56. The van der Waals surface area contributed by atoms with Gasteiger partial charge >= 0.3 is 0 Å². The van der Waals surface area contributed by atoms with Crippen LogP contribution in [-0.2, 0) is 0 Å². The maximum Gasteiger partial charge on any atom is 0.131 e. The molecule has 1 heteroatoms. The van der Waals surface area contributed by atoms with Crippen molar-refractivity contribution >= 4 is 0 Å². The van der Waals surface area contributed by atoms with Crippen molar-refractivity contribution in [2.45, 2.75) is 76.7 Å². The Morgan fingerprint density at radius 2 is 2.09 bits per heavy atom. The van der Waals surface area contributed by atoms with Crippen LogP contribution < -0.4 is 0 Å². The SMILES string of the molecule is C#CC1(O)CC[C@H]2[C@@H]3CCC4=CCCC[C@@H]4[C@@H]3CCC21CC. The number of allylic oxidation sites excluding steroid dienone is 2. The molecular weight excluding hydrogens is 268 g/mol. The van der Waals surface area contributed by atoms with Crippen molar-refractivity contribution in [3.8, 4) is 12.3 Å². The number of hydrogen-bond donors (Lipinski definition) is 1. The molecule has 2 unspecified atom stereocenters. The molecule has 0 radical (unpaired) electrons. The second kappa shape index (κ2) is 5.13. The summed E-state index contributed by atoms with van der Waals surface area (Å²) >= 11 is 0. The van der Waals surface area contributed by atoms with Gasteiger partial charge in [-0.1, -0.05) is 24.5 Å². The number of rotatable bonds is 1. The van der Waals surface area contributed by atoms with Crippen molar-refractivity contribution in [1.29, 1.82) is 0 Å². The summed E-state index contributed by atoms with van der Waals surface area (Å²) in [6.45, 7) is 2.26. The Balaban J connectivity index is 1.68. The third-order valence-electron chi connectivity index (χ3n) is 8.10. The lowest BCUT2D eigenvalue weighted by atomic mass is 9.49. The van der Waals surface area contributed by atoms with Crippen molar-refractivity contribution in [2.75, 3.05) is 0 Å². The largest absolute Gasteiger partial charge is 0.377 e. The van der Waals surface area contributed by atoms with Gasteiger partial charge in [-0.2, -0.15) is 0 Å². The van der Waals surface area contributed by atoms with E-state index < -0.39 is 5.60 Å². The molecule has 120 valence electrons. The fourth-order valence-corrected chi connectivity index (χ4v) is 7.08. The van der Waals surface area contributed by atoms with E-state index in [2.05, 4.69) is 18.9 Å². The highest BCUT2D eigenvalue weighted by Crippen LogP contribution is 2.66. The molecule has 0 aromatic rings. The predicted octanol–water partition coefficient (Wildman–Crippen LogP) is 4.70. The maximum atomic E-state index is 11.1. The highest BCUT2D eigenvalue weighted by molar-refractivity contribution is 5.26. The van der Waals surface area contributed by atoms with Crippen LogP contribution >= 0.6 is 0 Å². The Bertz CT molecular complexity index is 527. The van der Waals surface area contributed by atoms with Crippen LogP contribution in [0.3, 0.4) is 0 Å². The van der Waals surface area contributed by atoms with Gasteiger partial charge in [-0.25, -0.2) is 0 Å². The third-order valence-corrected chi connectivity index (χ3v) is 8.10. The number of hydrogen-bond acceptors (Lipinski definition) is 1. The average molecular weight is 298 g/mol. The van der Waals surface area contributed by atoms with Crippen molar-refractivity contribution in [1.82, 2.24) is 0 Å². The van der Waals surface area contributed by atoms with E-state index in [-0.39, 0.29) is 5.41 Å². The van der Waals surface area contributed by atoms with Gasteiger partial charge in [0.1, 0.15) is 5.60 Å². The highest BCUT2D eigenvalue weighted by atomic mass is 16.3. The Kier molecular flexibility index (Phi) is 3.46. The molecule has 0 bridgehead atoms. The summed E-state index contributed by atoms with van der Waals surface area (Å²) in [5.74, 6) is 6.05. The summed E-state index contributed by atoms with van der Waals surface area (Å²) < 4.78 is 0. The second-order valence-electron chi connectivity index (χ2n) is 8.38. The first-order valence-corrected chi connectivity index (χ1v) is 9.54. The summed E-state index contributed by atoms with van der Waals surface area (Å²) in [4.78, 5) is 0. The zero-order valence-corrected chi connectivity index (χ0v) is 14.0. The summed E-state index contributed by atoms with van der Waals surface area (Å²) in [5.41, 5.74) is 0.959. The first-order chi connectivity index (χ1) is 10.6. The quantitative estimate of drug-likeness (QED) is 0.549. The minimum atomic E-state index is -0.833. The molecule has 3 fully saturated rings. The number of terminal acetylenes is 1. The van der Waals surface area contributed by atoms with Gasteiger partial charge in [0.05, 0.1) is 0 Å². The molecule has 0 aromatic carbocycles. The molecule has 0 heterocycles. The van der Waals surface area contributed by atoms with Crippen molar-refractivity contribution < 1.29 is 5.11 Å². The van der Waals surface area contributed by atoms with E-state index in [4.69, 9.17) is 6.42 Å². The Labute approximate surface area is 135 Å². The summed E-state index contributed by atoms with van der Waals surface area (Å²) in [5, 5.41) is 11.1.